The molecule has 0 spiro atoms. The van der Waals surface area contributed by atoms with Crippen LogP contribution in [0.3, 0.4) is 0 Å². The van der Waals surface area contributed by atoms with Gasteiger partial charge in [-0.05, 0) is 52.7 Å². The third kappa shape index (κ3) is 4.06. The molecule has 0 radical (unpaired) electrons. The summed E-state index contributed by atoms with van der Waals surface area (Å²) >= 11 is 3.30. The van der Waals surface area contributed by atoms with E-state index < -0.39 is 0 Å². The van der Waals surface area contributed by atoms with E-state index in [-0.39, 0.29) is 5.91 Å². The fourth-order valence-corrected chi connectivity index (χ4v) is 1.82. The summed E-state index contributed by atoms with van der Waals surface area (Å²) in [4.78, 5) is 16.2. The Labute approximate surface area is 126 Å². The minimum atomic E-state index is -0.207. The summed E-state index contributed by atoms with van der Waals surface area (Å²) < 4.78 is 6.38. The Morgan fingerprint density at radius 2 is 2.20 bits per heavy atom. The first kappa shape index (κ1) is 14.5. The minimum Gasteiger partial charge on any atom is -0.494 e. The highest BCUT2D eigenvalue weighted by atomic mass is 79.9. The zero-order valence-corrected chi connectivity index (χ0v) is 12.7. The van der Waals surface area contributed by atoms with Gasteiger partial charge in [-0.15, -0.1) is 0 Å². The average molecular weight is 335 g/mol. The van der Waals surface area contributed by atoms with Crippen LogP contribution in [0.5, 0.6) is 5.75 Å². The van der Waals surface area contributed by atoms with Gasteiger partial charge in [0.1, 0.15) is 11.6 Å². The molecular weight excluding hydrogens is 320 g/mol. The Bertz CT molecular complexity index is 585. The van der Waals surface area contributed by atoms with Crippen molar-refractivity contribution in [2.75, 3.05) is 11.9 Å². The molecule has 1 aromatic carbocycles. The molecule has 0 saturated heterocycles. The van der Waals surface area contributed by atoms with Gasteiger partial charge in [-0.3, -0.25) is 4.79 Å². The summed E-state index contributed by atoms with van der Waals surface area (Å²) in [5.41, 5.74) is 0.545. The van der Waals surface area contributed by atoms with Crippen LogP contribution in [0, 0.1) is 0 Å². The van der Waals surface area contributed by atoms with E-state index in [0.29, 0.717) is 23.7 Å². The zero-order valence-electron chi connectivity index (χ0n) is 11.1. The van der Waals surface area contributed by atoms with Crippen molar-refractivity contribution in [1.29, 1.82) is 0 Å². The number of ether oxygens (including phenoxy) is 1. The summed E-state index contributed by atoms with van der Waals surface area (Å²) in [6, 6.07) is 10.7. The van der Waals surface area contributed by atoms with Crippen LogP contribution in [0.15, 0.2) is 47.1 Å². The molecule has 0 atom stereocenters. The van der Waals surface area contributed by atoms with Crippen LogP contribution in [-0.4, -0.2) is 17.5 Å². The number of carbonyl (C=O) groups excluding carboxylic acids is 1. The highest BCUT2D eigenvalue weighted by molar-refractivity contribution is 9.10. The maximum atomic E-state index is 12.1. The van der Waals surface area contributed by atoms with Crippen LogP contribution in [-0.2, 0) is 0 Å². The second-order valence-corrected chi connectivity index (χ2v) is 5.11. The highest BCUT2D eigenvalue weighted by Gasteiger charge is 2.07. The third-order valence-electron chi connectivity index (χ3n) is 2.54. The van der Waals surface area contributed by atoms with Crippen molar-refractivity contribution in [3.63, 3.8) is 0 Å². The van der Waals surface area contributed by atoms with Crippen molar-refractivity contribution in [3.8, 4) is 5.75 Å². The van der Waals surface area contributed by atoms with Gasteiger partial charge in [0, 0.05) is 16.2 Å². The average Bonchev–Trinajstić information content (AvgIpc) is 2.48. The fraction of sp³-hybridized carbons (Fsp3) is 0.200. The van der Waals surface area contributed by atoms with E-state index in [1.165, 1.54) is 0 Å². The number of halogens is 1. The van der Waals surface area contributed by atoms with Crippen LogP contribution in [0.2, 0.25) is 0 Å². The van der Waals surface area contributed by atoms with E-state index in [0.717, 1.165) is 10.9 Å². The third-order valence-corrected chi connectivity index (χ3v) is 3.01. The van der Waals surface area contributed by atoms with Crippen LogP contribution < -0.4 is 10.1 Å². The Morgan fingerprint density at radius 1 is 1.35 bits per heavy atom. The molecule has 0 bridgehead atoms. The lowest BCUT2D eigenvalue weighted by molar-refractivity contribution is 0.102. The topological polar surface area (TPSA) is 51.2 Å². The second kappa shape index (κ2) is 7.05. The van der Waals surface area contributed by atoms with Crippen LogP contribution in [0.4, 0.5) is 5.82 Å². The van der Waals surface area contributed by atoms with Gasteiger partial charge in [0.25, 0.3) is 5.91 Å². The largest absolute Gasteiger partial charge is 0.494 e. The molecule has 104 valence electrons. The molecule has 2 aromatic rings. The molecule has 2 rings (SSSR count). The van der Waals surface area contributed by atoms with E-state index >= 15 is 0 Å². The molecule has 0 unspecified atom stereocenters. The van der Waals surface area contributed by atoms with Crippen molar-refractivity contribution in [2.45, 2.75) is 13.3 Å². The first-order valence-corrected chi connectivity index (χ1v) is 7.14. The number of hydrogen-bond acceptors (Lipinski definition) is 3. The normalized spacial score (nSPS) is 10.1. The number of benzene rings is 1. The minimum absolute atomic E-state index is 0.207. The molecule has 1 aromatic heterocycles. The Morgan fingerprint density at radius 3 is 2.90 bits per heavy atom. The maximum Gasteiger partial charge on any atom is 0.256 e. The van der Waals surface area contributed by atoms with Crippen molar-refractivity contribution >= 4 is 27.7 Å². The lowest BCUT2D eigenvalue weighted by atomic mass is 10.2. The van der Waals surface area contributed by atoms with Crippen LogP contribution in [0.1, 0.15) is 23.7 Å². The Hall–Kier alpha value is -1.88. The molecule has 0 aliphatic carbocycles. The predicted octanol–water partition coefficient (Wildman–Crippen LogP) is 3.89. The number of amides is 1. The molecule has 0 fully saturated rings. The Kier molecular flexibility index (Phi) is 5.12. The molecule has 0 aliphatic heterocycles. The highest BCUT2D eigenvalue weighted by Crippen LogP contribution is 2.16. The monoisotopic (exact) mass is 334 g/mol. The molecule has 1 N–H and O–H groups in total. The van der Waals surface area contributed by atoms with Crippen LogP contribution in [0.25, 0.3) is 0 Å². The summed E-state index contributed by atoms with van der Waals surface area (Å²) in [5.74, 6) is 1.00. The number of hydrogen-bond donors (Lipinski definition) is 1. The summed E-state index contributed by atoms with van der Waals surface area (Å²) in [6.45, 7) is 2.68. The summed E-state index contributed by atoms with van der Waals surface area (Å²) in [7, 11) is 0. The molecular formula is C15H15BrN2O2. The van der Waals surface area contributed by atoms with Gasteiger partial charge in [-0.1, -0.05) is 13.0 Å². The lowest BCUT2D eigenvalue weighted by Gasteiger charge is -2.07. The van der Waals surface area contributed by atoms with Gasteiger partial charge >= 0.3 is 0 Å². The van der Waals surface area contributed by atoms with Gasteiger partial charge in [-0.25, -0.2) is 4.98 Å². The number of pyridine rings is 1. The quantitative estimate of drug-likeness (QED) is 0.902. The van der Waals surface area contributed by atoms with E-state index in [1.54, 1.807) is 30.5 Å². The first-order chi connectivity index (χ1) is 9.69. The van der Waals surface area contributed by atoms with Gasteiger partial charge in [0.2, 0.25) is 0 Å². The molecule has 1 amide bonds. The summed E-state index contributed by atoms with van der Waals surface area (Å²) in [6.07, 6.45) is 2.57. The number of nitrogens with zero attached hydrogens (tertiary/aromatic N) is 1. The van der Waals surface area contributed by atoms with Gasteiger partial charge < -0.3 is 10.1 Å². The van der Waals surface area contributed by atoms with Crippen molar-refractivity contribution in [3.05, 3.63) is 52.6 Å². The van der Waals surface area contributed by atoms with E-state index in [9.17, 15) is 4.79 Å². The van der Waals surface area contributed by atoms with E-state index in [1.807, 2.05) is 19.1 Å². The SMILES string of the molecule is CCCOc1cccc(C(=O)Nc2ccc(Br)cn2)c1. The fourth-order valence-electron chi connectivity index (χ4n) is 1.59. The summed E-state index contributed by atoms with van der Waals surface area (Å²) in [5, 5.41) is 2.74. The number of anilines is 1. The van der Waals surface area contributed by atoms with Crippen molar-refractivity contribution < 1.29 is 9.53 Å². The molecule has 5 heteroatoms. The van der Waals surface area contributed by atoms with Crippen LogP contribution >= 0.6 is 15.9 Å². The molecule has 20 heavy (non-hydrogen) atoms. The molecule has 0 saturated carbocycles. The van der Waals surface area contributed by atoms with Crippen molar-refractivity contribution in [2.24, 2.45) is 0 Å². The van der Waals surface area contributed by atoms with Gasteiger partial charge in [0.05, 0.1) is 6.61 Å². The predicted molar refractivity (Wildman–Crippen MR) is 82.1 cm³/mol. The molecule has 1 heterocycles. The number of rotatable bonds is 5. The van der Waals surface area contributed by atoms with Gasteiger partial charge in [-0.2, -0.15) is 0 Å². The number of nitrogens with one attached hydrogen (secondary N) is 1. The van der Waals surface area contributed by atoms with Gasteiger partial charge in [0.15, 0.2) is 0 Å². The maximum absolute atomic E-state index is 12.1. The standard InChI is InChI=1S/C15H15BrN2O2/c1-2-8-20-13-5-3-4-11(9-13)15(19)18-14-7-6-12(16)10-17-14/h3-7,9-10H,2,8H2,1H3,(H,17,18,19). The molecule has 0 aliphatic rings. The number of carbonyl (C=O) groups is 1. The molecule has 4 nitrogen and oxygen atoms in total. The second-order valence-electron chi connectivity index (χ2n) is 4.19. The smallest absolute Gasteiger partial charge is 0.256 e. The van der Waals surface area contributed by atoms with E-state index in [2.05, 4.69) is 26.2 Å². The lowest BCUT2D eigenvalue weighted by Crippen LogP contribution is -2.13. The first-order valence-electron chi connectivity index (χ1n) is 6.35. The number of aromatic nitrogens is 1. The van der Waals surface area contributed by atoms with E-state index in [4.69, 9.17) is 4.74 Å². The van der Waals surface area contributed by atoms with Crippen molar-refractivity contribution in [1.82, 2.24) is 4.98 Å². The Balaban J connectivity index is 2.06. The zero-order chi connectivity index (χ0) is 14.4.